The van der Waals surface area contributed by atoms with Crippen LogP contribution in [0.2, 0.25) is 0 Å². The molecule has 5 nitrogen and oxygen atoms in total. The van der Waals surface area contributed by atoms with E-state index in [-0.39, 0.29) is 5.91 Å². The van der Waals surface area contributed by atoms with Gasteiger partial charge in [-0.05, 0) is 50.5 Å². The van der Waals surface area contributed by atoms with Crippen molar-refractivity contribution in [1.82, 2.24) is 19.8 Å². The maximum Gasteiger partial charge on any atom is 0.241 e. The molecule has 1 amide bonds. The summed E-state index contributed by atoms with van der Waals surface area (Å²) in [6.45, 7) is 2.20. The van der Waals surface area contributed by atoms with Crippen molar-refractivity contribution in [3.8, 4) is 0 Å². The van der Waals surface area contributed by atoms with E-state index in [2.05, 4.69) is 25.8 Å². The van der Waals surface area contributed by atoms with Gasteiger partial charge >= 0.3 is 0 Å². The van der Waals surface area contributed by atoms with E-state index in [0.717, 1.165) is 38.0 Å². The largest absolute Gasteiger partial charge is 0.312 e. The van der Waals surface area contributed by atoms with Crippen LogP contribution in [0.5, 0.6) is 0 Å². The maximum atomic E-state index is 12.9. The molecule has 23 heavy (non-hydrogen) atoms. The summed E-state index contributed by atoms with van der Waals surface area (Å²) in [4.78, 5) is 25.7. The standard InChI is InChI=1S/C18H24N4O/c23-18(22(16-6-7-16)15-4-2-1-3-5-15)12-21-9-8-14-10-19-13-20-17(14)11-21/h4,10,13,16H,1-3,5-9,11-12H2. The van der Waals surface area contributed by atoms with Gasteiger partial charge in [-0.3, -0.25) is 9.69 Å². The van der Waals surface area contributed by atoms with Crippen LogP contribution in [0.3, 0.4) is 0 Å². The Bertz CT molecular complexity index is 623. The molecule has 0 bridgehead atoms. The van der Waals surface area contributed by atoms with Crippen molar-refractivity contribution in [1.29, 1.82) is 0 Å². The van der Waals surface area contributed by atoms with Gasteiger partial charge in [-0.25, -0.2) is 9.97 Å². The molecular weight excluding hydrogens is 288 g/mol. The van der Waals surface area contributed by atoms with Gasteiger partial charge < -0.3 is 4.90 Å². The Labute approximate surface area is 137 Å². The molecule has 0 saturated heterocycles. The highest BCUT2D eigenvalue weighted by Crippen LogP contribution is 2.34. The zero-order valence-corrected chi connectivity index (χ0v) is 13.6. The average molecular weight is 312 g/mol. The Morgan fingerprint density at radius 3 is 3.00 bits per heavy atom. The summed E-state index contributed by atoms with van der Waals surface area (Å²) in [6, 6.07) is 0.464. The predicted octanol–water partition coefficient (Wildman–Crippen LogP) is 2.28. The number of hydrogen-bond donors (Lipinski definition) is 0. The summed E-state index contributed by atoms with van der Waals surface area (Å²) < 4.78 is 0. The lowest BCUT2D eigenvalue weighted by molar-refractivity contribution is -0.131. The molecule has 0 unspecified atom stereocenters. The van der Waals surface area contributed by atoms with Crippen LogP contribution in [0.1, 0.15) is 49.8 Å². The Balaban J connectivity index is 1.43. The minimum atomic E-state index is 0.276. The molecule has 122 valence electrons. The highest BCUT2D eigenvalue weighted by atomic mass is 16.2. The molecule has 1 aromatic heterocycles. The van der Waals surface area contributed by atoms with Crippen molar-refractivity contribution < 1.29 is 4.79 Å². The number of hydrogen-bond acceptors (Lipinski definition) is 4. The third-order valence-corrected chi connectivity index (χ3v) is 5.07. The summed E-state index contributed by atoms with van der Waals surface area (Å²) in [5.41, 5.74) is 3.59. The summed E-state index contributed by atoms with van der Waals surface area (Å²) >= 11 is 0. The zero-order chi connectivity index (χ0) is 15.6. The van der Waals surface area contributed by atoms with Crippen LogP contribution in [0.4, 0.5) is 0 Å². The number of allylic oxidation sites excluding steroid dienone is 2. The number of amides is 1. The van der Waals surface area contributed by atoms with Crippen molar-refractivity contribution in [3.05, 3.63) is 35.6 Å². The van der Waals surface area contributed by atoms with Gasteiger partial charge in [-0.15, -0.1) is 0 Å². The predicted molar refractivity (Wildman–Crippen MR) is 87.4 cm³/mol. The van der Waals surface area contributed by atoms with Crippen LogP contribution in [0, 0.1) is 0 Å². The minimum absolute atomic E-state index is 0.276. The molecule has 1 fully saturated rings. The topological polar surface area (TPSA) is 49.3 Å². The second-order valence-corrected chi connectivity index (χ2v) is 6.89. The second-order valence-electron chi connectivity index (χ2n) is 6.89. The van der Waals surface area contributed by atoms with Gasteiger partial charge in [0.05, 0.1) is 12.2 Å². The maximum absolute atomic E-state index is 12.9. The first-order valence-electron chi connectivity index (χ1n) is 8.82. The number of carbonyl (C=O) groups is 1. The summed E-state index contributed by atoms with van der Waals surface area (Å²) in [7, 11) is 0. The van der Waals surface area contributed by atoms with Crippen molar-refractivity contribution >= 4 is 5.91 Å². The summed E-state index contributed by atoms with van der Waals surface area (Å²) in [5, 5.41) is 0. The smallest absolute Gasteiger partial charge is 0.241 e. The van der Waals surface area contributed by atoms with Gasteiger partial charge in [0.15, 0.2) is 0 Å². The van der Waals surface area contributed by atoms with Gasteiger partial charge in [0, 0.05) is 31.0 Å². The molecule has 0 N–H and O–H groups in total. The van der Waals surface area contributed by atoms with Crippen molar-refractivity contribution in [2.45, 2.75) is 57.5 Å². The molecule has 3 aliphatic rings. The highest BCUT2D eigenvalue weighted by molar-refractivity contribution is 5.81. The van der Waals surface area contributed by atoms with Gasteiger partial charge in [0.2, 0.25) is 5.91 Å². The molecule has 0 atom stereocenters. The van der Waals surface area contributed by atoms with Crippen LogP contribution in [0.15, 0.2) is 24.3 Å². The summed E-state index contributed by atoms with van der Waals surface area (Å²) in [6.07, 6.45) is 13.7. The van der Waals surface area contributed by atoms with Gasteiger partial charge in [0.1, 0.15) is 6.33 Å². The normalized spacial score (nSPS) is 21.5. The third kappa shape index (κ3) is 3.29. The lowest BCUT2D eigenvalue weighted by atomic mass is 10.0. The SMILES string of the molecule is O=C(CN1CCc2cncnc2C1)N(C1=CCCCC1)C1CC1. The fraction of sp³-hybridized carbons (Fsp3) is 0.611. The van der Waals surface area contributed by atoms with E-state index in [1.807, 2.05) is 6.20 Å². The van der Waals surface area contributed by atoms with Gasteiger partial charge in [-0.1, -0.05) is 6.08 Å². The molecular formula is C18H24N4O. The Morgan fingerprint density at radius 1 is 1.30 bits per heavy atom. The summed E-state index contributed by atoms with van der Waals surface area (Å²) in [5.74, 6) is 0.276. The van der Waals surface area contributed by atoms with Gasteiger partial charge in [-0.2, -0.15) is 0 Å². The molecule has 1 saturated carbocycles. The van der Waals surface area contributed by atoms with Gasteiger partial charge in [0.25, 0.3) is 0 Å². The van der Waals surface area contributed by atoms with E-state index in [0.29, 0.717) is 12.6 Å². The fourth-order valence-corrected chi connectivity index (χ4v) is 3.68. The first-order chi connectivity index (χ1) is 11.3. The van der Waals surface area contributed by atoms with E-state index in [4.69, 9.17) is 0 Å². The molecule has 2 heterocycles. The monoisotopic (exact) mass is 312 g/mol. The molecule has 5 heteroatoms. The number of rotatable bonds is 4. The van der Waals surface area contributed by atoms with E-state index < -0.39 is 0 Å². The number of nitrogens with zero attached hydrogens (tertiary/aromatic N) is 4. The Hall–Kier alpha value is -1.75. The Morgan fingerprint density at radius 2 is 2.22 bits per heavy atom. The third-order valence-electron chi connectivity index (χ3n) is 5.07. The van der Waals surface area contributed by atoms with Crippen LogP contribution in [-0.2, 0) is 17.8 Å². The lowest BCUT2D eigenvalue weighted by Crippen LogP contribution is -2.43. The average Bonchev–Trinajstić information content (AvgIpc) is 3.41. The van der Waals surface area contributed by atoms with Crippen molar-refractivity contribution in [3.63, 3.8) is 0 Å². The zero-order valence-electron chi connectivity index (χ0n) is 13.6. The molecule has 0 radical (unpaired) electrons. The van der Waals surface area contributed by atoms with Crippen LogP contribution < -0.4 is 0 Å². The molecule has 2 aliphatic carbocycles. The lowest BCUT2D eigenvalue weighted by Gasteiger charge is -2.32. The molecule has 4 rings (SSSR count). The van der Waals surface area contributed by atoms with Crippen LogP contribution in [0.25, 0.3) is 0 Å². The van der Waals surface area contributed by atoms with E-state index in [9.17, 15) is 4.79 Å². The van der Waals surface area contributed by atoms with Crippen molar-refractivity contribution in [2.75, 3.05) is 13.1 Å². The fourth-order valence-electron chi connectivity index (χ4n) is 3.68. The van der Waals surface area contributed by atoms with Crippen LogP contribution >= 0.6 is 0 Å². The van der Waals surface area contributed by atoms with E-state index in [1.165, 1.54) is 36.9 Å². The van der Waals surface area contributed by atoms with Crippen LogP contribution in [-0.4, -0.2) is 44.8 Å². The highest BCUT2D eigenvalue weighted by Gasteiger charge is 2.35. The molecule has 1 aromatic rings. The Kier molecular flexibility index (Phi) is 4.12. The molecule has 0 aromatic carbocycles. The first kappa shape index (κ1) is 14.8. The minimum Gasteiger partial charge on any atom is -0.312 e. The number of aromatic nitrogens is 2. The quantitative estimate of drug-likeness (QED) is 0.856. The molecule has 1 aliphatic heterocycles. The second kappa shape index (κ2) is 6.40. The number of fused-ring (bicyclic) bond motifs is 1. The van der Waals surface area contributed by atoms with E-state index in [1.54, 1.807) is 6.33 Å². The van der Waals surface area contributed by atoms with Crippen molar-refractivity contribution in [2.24, 2.45) is 0 Å². The molecule has 0 spiro atoms. The van der Waals surface area contributed by atoms with E-state index >= 15 is 0 Å². The first-order valence-corrected chi connectivity index (χ1v) is 8.82. The number of carbonyl (C=O) groups excluding carboxylic acids is 1.